The van der Waals surface area contributed by atoms with Crippen molar-refractivity contribution >= 4 is 22.7 Å². The number of alkyl halides is 3. The second-order valence-corrected chi connectivity index (χ2v) is 5.30. The number of hydrogen-bond acceptors (Lipinski definition) is 3. The van der Waals surface area contributed by atoms with Crippen molar-refractivity contribution in [1.82, 2.24) is 10.2 Å². The number of hydrogen-bond donors (Lipinski definition) is 0. The van der Waals surface area contributed by atoms with Crippen molar-refractivity contribution in [2.24, 2.45) is 0 Å². The molecular formula is C17H10ClF3N2O. The van der Waals surface area contributed by atoms with Gasteiger partial charge < -0.3 is 4.42 Å². The van der Waals surface area contributed by atoms with Gasteiger partial charge in [0, 0.05) is 5.56 Å². The van der Waals surface area contributed by atoms with Crippen molar-refractivity contribution in [3.05, 3.63) is 71.6 Å². The molecule has 0 unspecified atom stereocenters. The first kappa shape index (κ1) is 16.3. The van der Waals surface area contributed by atoms with E-state index in [1.165, 1.54) is 18.2 Å². The molecule has 0 aliphatic heterocycles. The molecule has 3 nitrogen and oxygen atoms in total. The number of rotatable bonds is 3. The Morgan fingerprint density at radius 3 is 2.25 bits per heavy atom. The highest BCUT2D eigenvalue weighted by Crippen LogP contribution is 2.30. The third-order valence-corrected chi connectivity index (χ3v) is 3.45. The standard InChI is InChI=1S/C17H10ClF3N2O/c18-14(10-11-6-8-13(9-7-11)17(19,20)21)16-23-22-15(24-16)12-4-2-1-3-5-12/h1-10H/b14-10-. The fourth-order valence-electron chi connectivity index (χ4n) is 1.99. The lowest BCUT2D eigenvalue weighted by molar-refractivity contribution is -0.137. The molecule has 7 heteroatoms. The van der Waals surface area contributed by atoms with Gasteiger partial charge in [0.25, 0.3) is 5.89 Å². The second kappa shape index (κ2) is 6.49. The summed E-state index contributed by atoms with van der Waals surface area (Å²) in [7, 11) is 0. The normalized spacial score (nSPS) is 12.4. The summed E-state index contributed by atoms with van der Waals surface area (Å²) in [6.45, 7) is 0. The molecule has 0 atom stereocenters. The Morgan fingerprint density at radius 1 is 0.958 bits per heavy atom. The summed E-state index contributed by atoms with van der Waals surface area (Å²) >= 11 is 6.11. The van der Waals surface area contributed by atoms with E-state index >= 15 is 0 Å². The van der Waals surface area contributed by atoms with E-state index in [4.69, 9.17) is 16.0 Å². The smallest absolute Gasteiger partial charge is 0.415 e. The van der Waals surface area contributed by atoms with Crippen LogP contribution in [0.3, 0.4) is 0 Å². The average Bonchev–Trinajstić information content (AvgIpc) is 3.05. The van der Waals surface area contributed by atoms with Gasteiger partial charge >= 0.3 is 6.18 Å². The maximum atomic E-state index is 12.5. The minimum absolute atomic E-state index is 0.0930. The van der Waals surface area contributed by atoms with Crippen LogP contribution in [0, 0.1) is 0 Å². The minimum Gasteiger partial charge on any atom is -0.415 e. The van der Waals surface area contributed by atoms with E-state index in [1.54, 1.807) is 0 Å². The van der Waals surface area contributed by atoms with Crippen LogP contribution in [0.1, 0.15) is 17.0 Å². The molecule has 122 valence electrons. The monoisotopic (exact) mass is 350 g/mol. The van der Waals surface area contributed by atoms with Gasteiger partial charge in [0.1, 0.15) is 5.03 Å². The maximum absolute atomic E-state index is 12.5. The Morgan fingerprint density at radius 2 is 1.62 bits per heavy atom. The molecule has 1 heterocycles. The molecule has 24 heavy (non-hydrogen) atoms. The lowest BCUT2D eigenvalue weighted by Crippen LogP contribution is -2.03. The summed E-state index contributed by atoms with van der Waals surface area (Å²) in [5.41, 5.74) is 0.516. The van der Waals surface area contributed by atoms with Gasteiger partial charge in [-0.25, -0.2) is 0 Å². The highest BCUT2D eigenvalue weighted by molar-refractivity contribution is 6.50. The van der Waals surface area contributed by atoms with Crippen LogP contribution in [0.15, 0.2) is 59.0 Å². The topological polar surface area (TPSA) is 38.9 Å². The summed E-state index contributed by atoms with van der Waals surface area (Å²) in [5.74, 6) is 0.403. The molecule has 3 rings (SSSR count). The largest absolute Gasteiger partial charge is 0.416 e. The molecule has 1 aromatic heterocycles. The third kappa shape index (κ3) is 3.65. The molecule has 0 aliphatic carbocycles. The zero-order valence-electron chi connectivity index (χ0n) is 12.1. The van der Waals surface area contributed by atoms with Crippen molar-refractivity contribution < 1.29 is 17.6 Å². The molecule has 0 aliphatic rings. The van der Waals surface area contributed by atoms with Gasteiger partial charge in [0.05, 0.1) is 5.56 Å². The SMILES string of the molecule is FC(F)(F)c1ccc(/C=C(\Cl)c2nnc(-c3ccccc3)o2)cc1. The summed E-state index contributed by atoms with van der Waals surface area (Å²) in [4.78, 5) is 0. The number of aromatic nitrogens is 2. The molecule has 0 N–H and O–H groups in total. The predicted octanol–water partition coefficient (Wildman–Crippen LogP) is 5.49. The Hall–Kier alpha value is -2.60. The van der Waals surface area contributed by atoms with E-state index in [9.17, 15) is 13.2 Å². The highest BCUT2D eigenvalue weighted by atomic mass is 35.5. The third-order valence-electron chi connectivity index (χ3n) is 3.18. The molecule has 3 aromatic rings. The molecule has 0 spiro atoms. The second-order valence-electron chi connectivity index (χ2n) is 4.89. The number of halogens is 4. The number of nitrogens with zero attached hydrogens (tertiary/aromatic N) is 2. The summed E-state index contributed by atoms with van der Waals surface area (Å²) in [5, 5.41) is 7.90. The lowest BCUT2D eigenvalue weighted by atomic mass is 10.1. The fourth-order valence-corrected chi connectivity index (χ4v) is 2.20. The Bertz CT molecular complexity index is 856. The van der Waals surface area contributed by atoms with Gasteiger partial charge in [-0.2, -0.15) is 13.2 Å². The van der Waals surface area contributed by atoms with Crippen molar-refractivity contribution in [1.29, 1.82) is 0 Å². The van der Waals surface area contributed by atoms with Crippen molar-refractivity contribution in [3.63, 3.8) is 0 Å². The Balaban J connectivity index is 1.83. The quantitative estimate of drug-likeness (QED) is 0.626. The zero-order chi connectivity index (χ0) is 17.2. The van der Waals surface area contributed by atoms with E-state index in [2.05, 4.69) is 10.2 Å². The minimum atomic E-state index is -4.37. The van der Waals surface area contributed by atoms with Gasteiger partial charge in [-0.15, -0.1) is 10.2 Å². The van der Waals surface area contributed by atoms with E-state index in [-0.39, 0.29) is 10.9 Å². The first-order valence-corrected chi connectivity index (χ1v) is 7.25. The predicted molar refractivity (Wildman–Crippen MR) is 84.9 cm³/mol. The van der Waals surface area contributed by atoms with Crippen LogP contribution in [0.5, 0.6) is 0 Å². The van der Waals surface area contributed by atoms with Crippen LogP contribution in [0.4, 0.5) is 13.2 Å². The molecule has 2 aromatic carbocycles. The molecule has 0 saturated carbocycles. The first-order valence-electron chi connectivity index (χ1n) is 6.87. The van der Waals surface area contributed by atoms with Gasteiger partial charge in [-0.05, 0) is 35.9 Å². The molecule has 0 fully saturated rings. The average molecular weight is 351 g/mol. The molecule has 0 bridgehead atoms. The van der Waals surface area contributed by atoms with Gasteiger partial charge in [-0.1, -0.05) is 41.9 Å². The van der Waals surface area contributed by atoms with Crippen LogP contribution in [0.25, 0.3) is 22.6 Å². The highest BCUT2D eigenvalue weighted by Gasteiger charge is 2.29. The van der Waals surface area contributed by atoms with Gasteiger partial charge in [0.2, 0.25) is 5.89 Å². The van der Waals surface area contributed by atoms with E-state index in [0.717, 1.165) is 17.7 Å². The van der Waals surface area contributed by atoms with E-state index in [0.29, 0.717) is 11.5 Å². The van der Waals surface area contributed by atoms with Crippen LogP contribution >= 0.6 is 11.6 Å². The zero-order valence-corrected chi connectivity index (χ0v) is 12.8. The molecule has 0 radical (unpaired) electrons. The van der Waals surface area contributed by atoms with Crippen molar-refractivity contribution in [2.45, 2.75) is 6.18 Å². The van der Waals surface area contributed by atoms with Gasteiger partial charge in [0.15, 0.2) is 0 Å². The van der Waals surface area contributed by atoms with Crippen molar-refractivity contribution in [3.8, 4) is 11.5 Å². The molecule has 0 saturated heterocycles. The van der Waals surface area contributed by atoms with Crippen LogP contribution in [-0.4, -0.2) is 10.2 Å². The van der Waals surface area contributed by atoms with Crippen LogP contribution in [0.2, 0.25) is 0 Å². The van der Waals surface area contributed by atoms with Gasteiger partial charge in [-0.3, -0.25) is 0 Å². The van der Waals surface area contributed by atoms with E-state index < -0.39 is 11.7 Å². The molecular weight excluding hydrogens is 341 g/mol. The van der Waals surface area contributed by atoms with E-state index in [1.807, 2.05) is 30.3 Å². The molecule has 0 amide bonds. The summed E-state index contributed by atoms with van der Waals surface area (Å²) < 4.78 is 43.1. The maximum Gasteiger partial charge on any atom is 0.416 e. The summed E-state index contributed by atoms with van der Waals surface area (Å²) in [6.07, 6.45) is -2.91. The van der Waals surface area contributed by atoms with Crippen LogP contribution in [-0.2, 0) is 6.18 Å². The summed E-state index contributed by atoms with van der Waals surface area (Å²) in [6, 6.07) is 13.8. The lowest BCUT2D eigenvalue weighted by Gasteiger charge is -2.05. The number of benzene rings is 2. The van der Waals surface area contributed by atoms with Crippen molar-refractivity contribution in [2.75, 3.05) is 0 Å². The fraction of sp³-hybridized carbons (Fsp3) is 0.0588. The first-order chi connectivity index (χ1) is 11.4. The Kier molecular flexibility index (Phi) is 4.40. The Labute approximate surface area is 140 Å². The van der Waals surface area contributed by atoms with Crippen LogP contribution < -0.4 is 0 Å².